The van der Waals surface area contributed by atoms with Crippen molar-refractivity contribution >= 4 is 21.9 Å². The molecule has 7 heteroatoms. The first kappa shape index (κ1) is 22.3. The number of rotatable bonds is 7. The molecule has 0 radical (unpaired) electrons. The molecule has 0 atom stereocenters. The molecule has 0 saturated carbocycles. The van der Waals surface area contributed by atoms with Crippen molar-refractivity contribution in [2.24, 2.45) is 0 Å². The van der Waals surface area contributed by atoms with Crippen LogP contribution in [-0.4, -0.2) is 13.7 Å². The van der Waals surface area contributed by atoms with Gasteiger partial charge in [-0.3, -0.25) is 0 Å². The fourth-order valence-electron chi connectivity index (χ4n) is 3.92. The van der Waals surface area contributed by atoms with E-state index in [1.807, 2.05) is 43.3 Å². The molecule has 0 N–H and O–H groups in total. The van der Waals surface area contributed by atoms with Crippen LogP contribution in [0.5, 0.6) is 17.2 Å². The van der Waals surface area contributed by atoms with Crippen molar-refractivity contribution in [2.45, 2.75) is 13.5 Å². The number of fused-ring (bicyclic) bond motifs is 2. The van der Waals surface area contributed by atoms with Crippen LogP contribution in [0, 0.1) is 0 Å². The number of hydrogen-bond donors (Lipinski definition) is 0. The van der Waals surface area contributed by atoms with E-state index in [1.165, 1.54) is 6.07 Å². The van der Waals surface area contributed by atoms with Gasteiger partial charge in [0.05, 0.1) is 19.3 Å². The summed E-state index contributed by atoms with van der Waals surface area (Å²) in [7, 11) is 1.61. The van der Waals surface area contributed by atoms with E-state index in [2.05, 4.69) is 0 Å². The van der Waals surface area contributed by atoms with Crippen molar-refractivity contribution in [3.8, 4) is 28.4 Å². The number of benzene rings is 3. The number of ether oxygens (including phenoxy) is 3. The SMILES string of the molecule is CCOc1cccc2cc(-c3cc(=O)oc4cc(OCc5ccc(OC)cc5)ccc34)c(=O)oc12. The Bertz CT molecular complexity index is 1630. The van der Waals surface area contributed by atoms with Crippen molar-refractivity contribution in [3.05, 3.63) is 99.2 Å². The summed E-state index contributed by atoms with van der Waals surface area (Å²) in [5, 5.41) is 1.28. The Hall–Kier alpha value is -4.52. The van der Waals surface area contributed by atoms with Gasteiger partial charge in [-0.15, -0.1) is 0 Å². The predicted octanol–water partition coefficient (Wildman–Crippen LogP) is 5.55. The highest BCUT2D eigenvalue weighted by Gasteiger charge is 2.16. The van der Waals surface area contributed by atoms with Crippen LogP contribution in [0.4, 0.5) is 0 Å². The maximum absolute atomic E-state index is 12.9. The molecule has 0 unspecified atom stereocenters. The van der Waals surface area contributed by atoms with Gasteiger partial charge in [0.1, 0.15) is 23.7 Å². The van der Waals surface area contributed by atoms with E-state index in [9.17, 15) is 9.59 Å². The Morgan fingerprint density at radius 3 is 2.37 bits per heavy atom. The minimum atomic E-state index is -0.581. The molecule has 5 rings (SSSR count). The highest BCUT2D eigenvalue weighted by molar-refractivity contribution is 5.96. The average Bonchev–Trinajstić information content (AvgIpc) is 2.87. The summed E-state index contributed by atoms with van der Waals surface area (Å²) >= 11 is 0. The number of hydrogen-bond acceptors (Lipinski definition) is 7. The lowest BCUT2D eigenvalue weighted by Crippen LogP contribution is -2.07. The van der Waals surface area contributed by atoms with Crippen LogP contribution >= 0.6 is 0 Å². The van der Waals surface area contributed by atoms with Crippen LogP contribution in [0.15, 0.2) is 91.2 Å². The maximum Gasteiger partial charge on any atom is 0.344 e. The van der Waals surface area contributed by atoms with E-state index in [-0.39, 0.29) is 5.56 Å². The third-order valence-corrected chi connectivity index (χ3v) is 5.59. The zero-order valence-electron chi connectivity index (χ0n) is 19.2. The molecule has 0 fully saturated rings. The van der Waals surface area contributed by atoms with Crippen LogP contribution in [0.2, 0.25) is 0 Å². The fraction of sp³-hybridized carbons (Fsp3) is 0.143. The zero-order chi connectivity index (χ0) is 24.4. The van der Waals surface area contributed by atoms with Crippen molar-refractivity contribution in [1.29, 1.82) is 0 Å². The molecular formula is C28H22O7. The largest absolute Gasteiger partial charge is 0.497 e. The number of para-hydroxylation sites is 1. The summed E-state index contributed by atoms with van der Waals surface area (Å²) in [6.45, 7) is 2.63. The van der Waals surface area contributed by atoms with Gasteiger partial charge in [0.15, 0.2) is 11.3 Å². The lowest BCUT2D eigenvalue weighted by Gasteiger charge is -2.10. The molecule has 0 amide bonds. The Morgan fingerprint density at radius 2 is 1.60 bits per heavy atom. The summed E-state index contributed by atoms with van der Waals surface area (Å²) in [6, 6.07) is 21.1. The molecule has 7 nitrogen and oxygen atoms in total. The zero-order valence-corrected chi connectivity index (χ0v) is 19.2. The minimum absolute atomic E-state index is 0.260. The van der Waals surface area contributed by atoms with E-state index in [0.29, 0.717) is 52.2 Å². The second-order valence-corrected chi connectivity index (χ2v) is 7.83. The molecule has 2 heterocycles. The van der Waals surface area contributed by atoms with Gasteiger partial charge in [-0.1, -0.05) is 24.3 Å². The molecule has 0 aliphatic carbocycles. The standard InChI is InChI=1S/C28H22O7/c1-3-32-24-6-4-5-18-13-23(28(30)35-27(18)24)22-15-26(29)34-25-14-20(11-12-21(22)25)33-16-17-7-9-19(31-2)10-8-17/h4-15H,3,16H2,1-2H3. The Kier molecular flexibility index (Phi) is 5.97. The van der Waals surface area contributed by atoms with Crippen LogP contribution in [0.1, 0.15) is 12.5 Å². The third-order valence-electron chi connectivity index (χ3n) is 5.59. The Morgan fingerprint density at radius 1 is 0.800 bits per heavy atom. The van der Waals surface area contributed by atoms with Gasteiger partial charge in [0.2, 0.25) is 0 Å². The van der Waals surface area contributed by atoms with Gasteiger partial charge < -0.3 is 23.0 Å². The number of methoxy groups -OCH3 is 1. The van der Waals surface area contributed by atoms with Crippen molar-refractivity contribution in [1.82, 2.24) is 0 Å². The van der Waals surface area contributed by atoms with Gasteiger partial charge in [0, 0.05) is 28.5 Å². The van der Waals surface area contributed by atoms with Gasteiger partial charge in [-0.05, 0) is 48.9 Å². The van der Waals surface area contributed by atoms with Crippen molar-refractivity contribution < 1.29 is 23.0 Å². The molecule has 0 saturated heterocycles. The summed E-state index contributed by atoms with van der Waals surface area (Å²) in [5.74, 6) is 1.78. The second-order valence-electron chi connectivity index (χ2n) is 7.83. The summed E-state index contributed by atoms with van der Waals surface area (Å²) < 4.78 is 27.6. The van der Waals surface area contributed by atoms with E-state index in [1.54, 1.807) is 37.4 Å². The molecule has 35 heavy (non-hydrogen) atoms. The summed E-state index contributed by atoms with van der Waals surface area (Å²) in [5.41, 5.74) is 1.17. The molecular weight excluding hydrogens is 448 g/mol. The second kappa shape index (κ2) is 9.38. The van der Waals surface area contributed by atoms with E-state index in [4.69, 9.17) is 23.0 Å². The van der Waals surface area contributed by atoms with Crippen LogP contribution < -0.4 is 25.5 Å². The Labute approximate surface area is 200 Å². The molecule has 0 bridgehead atoms. The van der Waals surface area contributed by atoms with Gasteiger partial charge in [-0.2, -0.15) is 0 Å². The van der Waals surface area contributed by atoms with E-state index in [0.717, 1.165) is 11.3 Å². The topological polar surface area (TPSA) is 88.1 Å². The van der Waals surface area contributed by atoms with E-state index < -0.39 is 11.3 Å². The highest BCUT2D eigenvalue weighted by atomic mass is 16.5. The Balaban J connectivity index is 1.52. The molecule has 0 aliphatic heterocycles. The average molecular weight is 470 g/mol. The summed E-state index contributed by atoms with van der Waals surface area (Å²) in [6.07, 6.45) is 0. The van der Waals surface area contributed by atoms with Crippen molar-refractivity contribution in [2.75, 3.05) is 13.7 Å². The molecule has 5 aromatic rings. The fourth-order valence-corrected chi connectivity index (χ4v) is 3.92. The monoisotopic (exact) mass is 470 g/mol. The summed E-state index contributed by atoms with van der Waals surface area (Å²) in [4.78, 5) is 25.3. The normalized spacial score (nSPS) is 11.0. The molecule has 176 valence electrons. The first-order valence-corrected chi connectivity index (χ1v) is 11.1. The van der Waals surface area contributed by atoms with Crippen molar-refractivity contribution in [3.63, 3.8) is 0 Å². The molecule has 0 aliphatic rings. The highest BCUT2D eigenvalue weighted by Crippen LogP contribution is 2.32. The first-order valence-electron chi connectivity index (χ1n) is 11.1. The molecule has 3 aromatic carbocycles. The van der Waals surface area contributed by atoms with E-state index >= 15 is 0 Å². The smallest absolute Gasteiger partial charge is 0.344 e. The molecule has 0 spiro atoms. The maximum atomic E-state index is 12.9. The van der Waals surface area contributed by atoms with Crippen LogP contribution in [-0.2, 0) is 6.61 Å². The minimum Gasteiger partial charge on any atom is -0.497 e. The van der Waals surface area contributed by atoms with Gasteiger partial charge >= 0.3 is 11.3 Å². The lowest BCUT2D eigenvalue weighted by molar-refractivity contribution is 0.306. The lowest BCUT2D eigenvalue weighted by atomic mass is 10.0. The first-order chi connectivity index (χ1) is 17.1. The van der Waals surface area contributed by atoms with Gasteiger partial charge in [-0.25, -0.2) is 9.59 Å². The molecule has 2 aromatic heterocycles. The third kappa shape index (κ3) is 4.48. The predicted molar refractivity (Wildman–Crippen MR) is 132 cm³/mol. The quantitative estimate of drug-likeness (QED) is 0.288. The van der Waals surface area contributed by atoms with Crippen LogP contribution in [0.25, 0.3) is 33.1 Å². The van der Waals surface area contributed by atoms with Gasteiger partial charge in [0.25, 0.3) is 0 Å². The van der Waals surface area contributed by atoms with Crippen LogP contribution in [0.3, 0.4) is 0 Å².